The molecule has 0 radical (unpaired) electrons. The summed E-state index contributed by atoms with van der Waals surface area (Å²) in [6.07, 6.45) is 0.862. The van der Waals surface area contributed by atoms with Gasteiger partial charge in [0.1, 0.15) is 35.8 Å². The lowest BCUT2D eigenvalue weighted by Crippen LogP contribution is -2.47. The van der Waals surface area contributed by atoms with Gasteiger partial charge < -0.3 is 20.3 Å². The van der Waals surface area contributed by atoms with Crippen molar-refractivity contribution >= 4 is 34.1 Å². The van der Waals surface area contributed by atoms with Crippen LogP contribution < -0.4 is 5.32 Å². The van der Waals surface area contributed by atoms with Gasteiger partial charge in [0.25, 0.3) is 0 Å². The van der Waals surface area contributed by atoms with Crippen LogP contribution in [0.3, 0.4) is 0 Å². The zero-order valence-corrected chi connectivity index (χ0v) is 17.6. The van der Waals surface area contributed by atoms with E-state index in [4.69, 9.17) is 16.3 Å². The molecular formula is C23H20ClFN4O3. The normalized spacial score (nSPS) is 23.0. The van der Waals surface area contributed by atoms with Crippen LogP contribution in [0.2, 0.25) is 0 Å². The molecule has 3 heterocycles. The summed E-state index contributed by atoms with van der Waals surface area (Å²) in [6, 6.07) is 15.6. The van der Waals surface area contributed by atoms with Crippen molar-refractivity contribution in [3.05, 3.63) is 72.9 Å². The molecule has 0 saturated carbocycles. The van der Waals surface area contributed by atoms with Crippen LogP contribution in [0, 0.1) is 5.82 Å². The number of ether oxygens (including phenoxy) is 1. The Morgan fingerprint density at radius 1 is 1.12 bits per heavy atom. The molecule has 3 atom stereocenters. The maximum atomic E-state index is 13.4. The van der Waals surface area contributed by atoms with Crippen molar-refractivity contribution in [2.45, 2.75) is 17.9 Å². The number of aliphatic hydroxyl groups is 2. The molecule has 1 aliphatic rings. The van der Waals surface area contributed by atoms with Crippen LogP contribution in [0.15, 0.2) is 67.1 Å². The molecule has 0 unspecified atom stereocenters. The Morgan fingerprint density at radius 3 is 2.53 bits per heavy atom. The monoisotopic (exact) mass is 454 g/mol. The highest BCUT2D eigenvalue weighted by atomic mass is 35.5. The lowest BCUT2D eigenvalue weighted by atomic mass is 10.1. The molecule has 7 nitrogen and oxygen atoms in total. The molecule has 1 fully saturated rings. The fraction of sp³-hybridized carbons (Fsp3) is 0.217. The average Bonchev–Trinajstić information content (AvgIpc) is 3.35. The second kappa shape index (κ2) is 8.14. The number of hydrogen-bond donors (Lipinski definition) is 3. The lowest BCUT2D eigenvalue weighted by Gasteiger charge is -2.32. The minimum Gasteiger partial charge on any atom is -0.388 e. The number of nitrogens with zero attached hydrogens (tertiary/aromatic N) is 3. The van der Waals surface area contributed by atoms with Gasteiger partial charge in [0.05, 0.1) is 17.9 Å². The van der Waals surface area contributed by atoms with E-state index in [-0.39, 0.29) is 18.3 Å². The molecule has 0 amide bonds. The largest absolute Gasteiger partial charge is 0.388 e. The summed E-state index contributed by atoms with van der Waals surface area (Å²) in [6.45, 7) is -0.0556. The van der Waals surface area contributed by atoms with E-state index in [1.807, 2.05) is 30.3 Å². The number of aliphatic hydroxyl groups excluding tert-OH is 2. The van der Waals surface area contributed by atoms with Gasteiger partial charge in [-0.1, -0.05) is 30.3 Å². The summed E-state index contributed by atoms with van der Waals surface area (Å²) < 4.78 is 20.9. The molecule has 3 N–H and O–H groups in total. The summed E-state index contributed by atoms with van der Waals surface area (Å²) >= 11 is 6.29. The van der Waals surface area contributed by atoms with Crippen molar-refractivity contribution in [3.8, 4) is 11.1 Å². The molecule has 0 aliphatic carbocycles. The van der Waals surface area contributed by atoms with Gasteiger partial charge in [0.15, 0.2) is 5.72 Å². The first-order chi connectivity index (χ1) is 15.5. The number of aromatic nitrogens is 3. The molecule has 2 aromatic heterocycles. The van der Waals surface area contributed by atoms with Gasteiger partial charge in [-0.05, 0) is 29.8 Å². The van der Waals surface area contributed by atoms with Gasteiger partial charge in [-0.15, -0.1) is 11.6 Å². The van der Waals surface area contributed by atoms with Crippen molar-refractivity contribution in [1.29, 1.82) is 0 Å². The van der Waals surface area contributed by atoms with E-state index in [0.717, 1.165) is 11.1 Å². The standard InChI is InChI=1S/C23H20ClFN4O3/c24-12-23(20(31)18(30)11-32-23)29-10-17(14-4-2-1-3-5-14)19-21(26-13-27-22(19)29)28-16-8-6-15(25)7-9-16/h1-10,13,18,20,30-31H,11-12H2,(H,26,27,28)/t18-,20-,23-/m0/s1. The fourth-order valence-corrected chi connectivity index (χ4v) is 4.42. The zero-order valence-electron chi connectivity index (χ0n) is 16.8. The van der Waals surface area contributed by atoms with Crippen molar-refractivity contribution in [2.24, 2.45) is 0 Å². The molecule has 0 spiro atoms. The Bertz CT molecular complexity index is 1250. The SMILES string of the molecule is O[C@H]1CO[C@](CCl)(n2cc(-c3ccccc3)c3c(Nc4ccc(F)cc4)ncnc32)[C@H]1O. The first kappa shape index (κ1) is 20.8. The van der Waals surface area contributed by atoms with E-state index in [1.165, 1.54) is 18.5 Å². The van der Waals surface area contributed by atoms with Crippen LogP contribution in [0.25, 0.3) is 22.2 Å². The van der Waals surface area contributed by atoms with E-state index in [9.17, 15) is 14.6 Å². The van der Waals surface area contributed by atoms with Gasteiger partial charge in [-0.25, -0.2) is 14.4 Å². The van der Waals surface area contributed by atoms with Gasteiger partial charge in [-0.2, -0.15) is 0 Å². The van der Waals surface area contributed by atoms with Crippen LogP contribution in [0.5, 0.6) is 0 Å². The van der Waals surface area contributed by atoms with Crippen LogP contribution in [-0.4, -0.2) is 49.4 Å². The summed E-state index contributed by atoms with van der Waals surface area (Å²) in [5.74, 6) is 0.0556. The Balaban J connectivity index is 1.74. The van der Waals surface area contributed by atoms with Crippen molar-refractivity contribution in [3.63, 3.8) is 0 Å². The third kappa shape index (κ3) is 3.32. The van der Waals surface area contributed by atoms with Crippen LogP contribution >= 0.6 is 11.6 Å². The van der Waals surface area contributed by atoms with E-state index in [0.29, 0.717) is 22.5 Å². The fourth-order valence-electron chi connectivity index (χ4n) is 4.05. The quantitative estimate of drug-likeness (QED) is 0.399. The number of halogens is 2. The van der Waals surface area contributed by atoms with Crippen molar-refractivity contribution in [2.75, 3.05) is 17.8 Å². The molecule has 5 rings (SSSR count). The molecule has 4 aromatic rings. The topological polar surface area (TPSA) is 92.4 Å². The predicted molar refractivity (Wildman–Crippen MR) is 119 cm³/mol. The summed E-state index contributed by atoms with van der Waals surface area (Å²) in [7, 11) is 0. The third-order valence-electron chi connectivity index (χ3n) is 5.70. The van der Waals surface area contributed by atoms with Crippen LogP contribution in [-0.2, 0) is 10.5 Å². The predicted octanol–water partition coefficient (Wildman–Crippen LogP) is 3.62. The number of fused-ring (bicyclic) bond motifs is 1. The first-order valence-corrected chi connectivity index (χ1v) is 10.6. The van der Waals surface area contributed by atoms with Crippen LogP contribution in [0.1, 0.15) is 0 Å². The summed E-state index contributed by atoms with van der Waals surface area (Å²) in [4.78, 5) is 8.88. The zero-order chi connectivity index (χ0) is 22.3. The summed E-state index contributed by atoms with van der Waals surface area (Å²) in [5.41, 5.74) is 1.40. The van der Waals surface area contributed by atoms with Gasteiger partial charge in [-0.3, -0.25) is 4.57 Å². The molecular weight excluding hydrogens is 435 g/mol. The molecule has 164 valence electrons. The van der Waals surface area contributed by atoms with Gasteiger partial charge in [0.2, 0.25) is 0 Å². The van der Waals surface area contributed by atoms with Gasteiger partial charge >= 0.3 is 0 Å². The summed E-state index contributed by atoms with van der Waals surface area (Å²) in [5, 5.41) is 24.8. The Kier molecular flexibility index (Phi) is 5.30. The van der Waals surface area contributed by atoms with E-state index in [1.54, 1.807) is 22.9 Å². The Labute approximate surface area is 188 Å². The molecule has 2 aromatic carbocycles. The van der Waals surface area contributed by atoms with E-state index in [2.05, 4.69) is 15.3 Å². The lowest BCUT2D eigenvalue weighted by molar-refractivity contribution is -0.104. The van der Waals surface area contributed by atoms with Crippen molar-refractivity contribution < 1.29 is 19.3 Å². The maximum Gasteiger partial charge on any atom is 0.188 e. The number of alkyl halides is 1. The Hall–Kier alpha value is -3.04. The maximum absolute atomic E-state index is 13.4. The number of hydrogen-bond acceptors (Lipinski definition) is 6. The van der Waals surface area contributed by atoms with Crippen LogP contribution in [0.4, 0.5) is 15.9 Å². The average molecular weight is 455 g/mol. The second-order valence-corrected chi connectivity index (χ2v) is 7.90. The molecule has 0 bridgehead atoms. The van der Waals surface area contributed by atoms with Crippen molar-refractivity contribution in [1.82, 2.24) is 14.5 Å². The number of nitrogens with one attached hydrogen (secondary N) is 1. The second-order valence-electron chi connectivity index (χ2n) is 7.63. The third-order valence-corrected chi connectivity index (χ3v) is 6.09. The molecule has 9 heteroatoms. The minimum absolute atomic E-state index is 0.0556. The highest BCUT2D eigenvalue weighted by Crippen LogP contribution is 2.41. The molecule has 1 aliphatic heterocycles. The number of anilines is 2. The minimum atomic E-state index is -1.40. The number of benzene rings is 2. The highest BCUT2D eigenvalue weighted by Gasteiger charge is 2.51. The number of rotatable bonds is 5. The molecule has 32 heavy (non-hydrogen) atoms. The smallest absolute Gasteiger partial charge is 0.188 e. The molecule has 1 saturated heterocycles. The van der Waals surface area contributed by atoms with Gasteiger partial charge in [0, 0.05) is 17.4 Å². The first-order valence-electron chi connectivity index (χ1n) is 10.0. The van der Waals surface area contributed by atoms with E-state index >= 15 is 0 Å². The van der Waals surface area contributed by atoms with E-state index < -0.39 is 17.9 Å². The highest BCUT2D eigenvalue weighted by molar-refractivity contribution is 6.18. The Morgan fingerprint density at radius 2 is 1.88 bits per heavy atom.